The molecule has 0 saturated heterocycles. The highest BCUT2D eigenvalue weighted by molar-refractivity contribution is 5.66. The summed E-state index contributed by atoms with van der Waals surface area (Å²) in [6.07, 6.45) is 19.7. The quantitative estimate of drug-likeness (QED) is 0.253. The van der Waals surface area contributed by atoms with Crippen LogP contribution in [0, 0.1) is 0 Å². The average Bonchev–Trinajstić information content (AvgIpc) is 2.54. The third kappa shape index (κ3) is 16.7. The van der Waals surface area contributed by atoms with Gasteiger partial charge in [-0.15, -0.1) is 0 Å². The molecule has 0 unspecified atom stereocenters. The highest BCUT2D eigenvalue weighted by atomic mass is 16.4. The summed E-state index contributed by atoms with van der Waals surface area (Å²) in [6.45, 7) is 2.14. The van der Waals surface area contributed by atoms with E-state index >= 15 is 0 Å². The first-order chi connectivity index (χ1) is 11.6. The number of aliphatic hydroxyl groups excluding tert-OH is 2. The van der Waals surface area contributed by atoms with Gasteiger partial charge in [-0.3, -0.25) is 4.79 Å². The van der Waals surface area contributed by atoms with Gasteiger partial charge >= 0.3 is 5.97 Å². The zero-order valence-corrected chi connectivity index (χ0v) is 14.7. The van der Waals surface area contributed by atoms with Crippen molar-refractivity contribution in [3.63, 3.8) is 0 Å². The van der Waals surface area contributed by atoms with Crippen molar-refractivity contribution in [1.29, 1.82) is 0 Å². The number of hydrogen-bond acceptors (Lipinski definition) is 3. The Hall–Kier alpha value is -1.65. The molecule has 0 amide bonds. The van der Waals surface area contributed by atoms with Crippen LogP contribution in [0.3, 0.4) is 0 Å². The minimum absolute atomic E-state index is 0.179. The molecule has 136 valence electrons. The van der Waals surface area contributed by atoms with Crippen molar-refractivity contribution in [3.05, 3.63) is 48.6 Å². The van der Waals surface area contributed by atoms with E-state index in [0.29, 0.717) is 19.3 Å². The van der Waals surface area contributed by atoms with Crippen molar-refractivity contribution in [2.75, 3.05) is 0 Å². The highest BCUT2D eigenvalue weighted by Crippen LogP contribution is 2.04. The number of carboxylic acid groups (broad SMARTS) is 1. The van der Waals surface area contributed by atoms with Gasteiger partial charge in [-0.25, -0.2) is 0 Å². The van der Waals surface area contributed by atoms with Crippen LogP contribution >= 0.6 is 0 Å². The molecule has 0 aliphatic rings. The lowest BCUT2D eigenvalue weighted by molar-refractivity contribution is -0.137. The molecule has 0 fully saturated rings. The van der Waals surface area contributed by atoms with Crippen LogP contribution in [0.25, 0.3) is 0 Å². The van der Waals surface area contributed by atoms with Gasteiger partial charge < -0.3 is 15.3 Å². The molecule has 0 aromatic heterocycles. The van der Waals surface area contributed by atoms with Crippen molar-refractivity contribution in [1.82, 2.24) is 0 Å². The van der Waals surface area contributed by atoms with Crippen LogP contribution in [0.5, 0.6) is 0 Å². The third-order valence-corrected chi connectivity index (χ3v) is 3.41. The molecule has 0 aromatic carbocycles. The summed E-state index contributed by atoms with van der Waals surface area (Å²) in [5, 5.41) is 27.9. The van der Waals surface area contributed by atoms with Crippen LogP contribution < -0.4 is 0 Å². The number of carboxylic acids is 1. The molecule has 0 aliphatic heterocycles. The number of rotatable bonds is 14. The van der Waals surface area contributed by atoms with Crippen LogP contribution in [-0.4, -0.2) is 33.5 Å². The van der Waals surface area contributed by atoms with Crippen LogP contribution in [-0.2, 0) is 4.79 Å². The number of hydrogen-bond donors (Lipinski definition) is 3. The summed E-state index contributed by atoms with van der Waals surface area (Å²) in [4.78, 5) is 10.3. The fourth-order valence-corrected chi connectivity index (χ4v) is 2.02. The van der Waals surface area contributed by atoms with Gasteiger partial charge in [0.25, 0.3) is 0 Å². The van der Waals surface area contributed by atoms with E-state index in [1.165, 1.54) is 0 Å². The number of aliphatic carboxylic acids is 1. The van der Waals surface area contributed by atoms with Gasteiger partial charge in [0, 0.05) is 6.42 Å². The van der Waals surface area contributed by atoms with E-state index in [2.05, 4.69) is 6.92 Å². The molecule has 2 atom stereocenters. The fraction of sp³-hybridized carbons (Fsp3) is 0.550. The molecule has 4 heteroatoms. The lowest BCUT2D eigenvalue weighted by Crippen LogP contribution is -2.00. The minimum atomic E-state index is -0.777. The highest BCUT2D eigenvalue weighted by Gasteiger charge is 1.97. The zero-order chi connectivity index (χ0) is 18.0. The largest absolute Gasteiger partial charge is 0.481 e. The molecule has 0 radical (unpaired) electrons. The molecule has 0 saturated carbocycles. The van der Waals surface area contributed by atoms with E-state index in [4.69, 9.17) is 5.11 Å². The summed E-state index contributed by atoms with van der Waals surface area (Å²) < 4.78 is 0. The first kappa shape index (κ1) is 22.4. The maximum atomic E-state index is 10.3. The Kier molecular flexibility index (Phi) is 15.1. The van der Waals surface area contributed by atoms with Crippen LogP contribution in [0.1, 0.15) is 58.3 Å². The normalized spacial score (nSPS) is 15.1. The fourth-order valence-electron chi connectivity index (χ4n) is 2.02. The predicted octanol–water partition coefficient (Wildman–Crippen LogP) is 4.16. The van der Waals surface area contributed by atoms with E-state index in [0.717, 1.165) is 25.7 Å². The zero-order valence-electron chi connectivity index (χ0n) is 14.7. The van der Waals surface area contributed by atoms with Crippen molar-refractivity contribution < 1.29 is 20.1 Å². The molecule has 0 aliphatic carbocycles. The number of unbranched alkanes of at least 4 members (excludes halogenated alkanes) is 3. The lowest BCUT2D eigenvalue weighted by Gasteiger charge is -2.02. The molecule has 24 heavy (non-hydrogen) atoms. The number of carbonyl (C=O) groups is 1. The van der Waals surface area contributed by atoms with E-state index < -0.39 is 12.1 Å². The molecule has 0 aromatic rings. The second kappa shape index (κ2) is 16.2. The summed E-state index contributed by atoms with van der Waals surface area (Å²) in [5.41, 5.74) is 0. The molecular weight excluding hydrogens is 304 g/mol. The van der Waals surface area contributed by atoms with Crippen molar-refractivity contribution in [2.45, 2.75) is 70.5 Å². The average molecular weight is 336 g/mol. The molecule has 0 spiro atoms. The molecular formula is C20H32O4. The van der Waals surface area contributed by atoms with Crippen molar-refractivity contribution >= 4 is 5.97 Å². The van der Waals surface area contributed by atoms with E-state index in [1.54, 1.807) is 18.2 Å². The standard InChI is InChI=1S/C20H32O4/c1-2-3-8-13-18(21)14-9-4-5-10-15-19(22)16-11-6-7-12-17-20(23)24/h4-6,9-11,14-15,18-19,21-22H,2-3,7-8,12-13,16-17H2,1H3,(H,23,24)/b5-4+,11-6+,14-9+,15-10-/t18-,19+/m0/s1. The molecule has 4 nitrogen and oxygen atoms in total. The van der Waals surface area contributed by atoms with Gasteiger partial charge in [0.15, 0.2) is 0 Å². The van der Waals surface area contributed by atoms with Gasteiger partial charge in [-0.2, -0.15) is 0 Å². The van der Waals surface area contributed by atoms with E-state index in [-0.39, 0.29) is 12.5 Å². The molecule has 0 heterocycles. The van der Waals surface area contributed by atoms with Crippen LogP contribution in [0.15, 0.2) is 48.6 Å². The second-order valence-corrected chi connectivity index (χ2v) is 5.78. The summed E-state index contributed by atoms with van der Waals surface area (Å²) in [7, 11) is 0. The van der Waals surface area contributed by atoms with Crippen molar-refractivity contribution in [2.24, 2.45) is 0 Å². The van der Waals surface area contributed by atoms with Crippen LogP contribution in [0.4, 0.5) is 0 Å². The Morgan fingerprint density at radius 2 is 1.58 bits per heavy atom. The Balaban J connectivity index is 3.80. The smallest absolute Gasteiger partial charge is 0.303 e. The first-order valence-electron chi connectivity index (χ1n) is 8.80. The maximum absolute atomic E-state index is 10.3. The summed E-state index contributed by atoms with van der Waals surface area (Å²) in [6, 6.07) is 0. The van der Waals surface area contributed by atoms with Gasteiger partial charge in [0.05, 0.1) is 12.2 Å². The summed E-state index contributed by atoms with van der Waals surface area (Å²) in [5.74, 6) is -0.777. The van der Waals surface area contributed by atoms with Crippen LogP contribution in [0.2, 0.25) is 0 Å². The van der Waals surface area contributed by atoms with E-state index in [9.17, 15) is 15.0 Å². The minimum Gasteiger partial charge on any atom is -0.481 e. The topological polar surface area (TPSA) is 77.8 Å². The number of aliphatic hydroxyl groups is 2. The monoisotopic (exact) mass is 336 g/mol. The number of allylic oxidation sites excluding steroid dienone is 5. The predicted molar refractivity (Wildman–Crippen MR) is 98.8 cm³/mol. The van der Waals surface area contributed by atoms with E-state index in [1.807, 2.05) is 30.4 Å². The SMILES string of the molecule is CCCCC[C@H](O)/C=C/C=C/C=C\[C@@H](O)C/C=C/CCCC(=O)O. The van der Waals surface area contributed by atoms with Crippen molar-refractivity contribution in [3.8, 4) is 0 Å². The second-order valence-electron chi connectivity index (χ2n) is 5.78. The summed E-state index contributed by atoms with van der Waals surface area (Å²) >= 11 is 0. The van der Waals surface area contributed by atoms with Gasteiger partial charge in [0.2, 0.25) is 0 Å². The van der Waals surface area contributed by atoms with Gasteiger partial charge in [0.1, 0.15) is 0 Å². The molecule has 0 rings (SSSR count). The molecule has 3 N–H and O–H groups in total. The Labute approximate surface area is 145 Å². The Bertz CT molecular complexity index is 421. The van der Waals surface area contributed by atoms with Gasteiger partial charge in [-0.05, 0) is 25.7 Å². The Morgan fingerprint density at radius 3 is 2.21 bits per heavy atom. The Morgan fingerprint density at radius 1 is 0.917 bits per heavy atom. The molecule has 0 bridgehead atoms. The maximum Gasteiger partial charge on any atom is 0.303 e. The lowest BCUT2D eigenvalue weighted by atomic mass is 10.1. The first-order valence-corrected chi connectivity index (χ1v) is 8.80. The van der Waals surface area contributed by atoms with Gasteiger partial charge in [-0.1, -0.05) is 74.8 Å². The third-order valence-electron chi connectivity index (χ3n) is 3.41.